The normalized spacial score (nSPS) is 33.0. The van der Waals surface area contributed by atoms with Crippen LogP contribution in [0.15, 0.2) is 29.2 Å². The van der Waals surface area contributed by atoms with Crippen LogP contribution in [0.4, 0.5) is 0 Å². The van der Waals surface area contributed by atoms with E-state index in [-0.39, 0.29) is 0 Å². The minimum atomic E-state index is 0.349. The number of fused-ring (bicyclic) bond motifs is 1. The molecule has 1 aromatic rings. The molecule has 2 N–H and O–H groups in total. The van der Waals surface area contributed by atoms with Crippen molar-refractivity contribution in [3.05, 3.63) is 29.8 Å². The van der Waals surface area contributed by atoms with Crippen molar-refractivity contribution in [2.24, 2.45) is 23.0 Å². The number of nitrogens with two attached hydrogens (primary N) is 1. The third-order valence-electron chi connectivity index (χ3n) is 5.74. The highest BCUT2D eigenvalue weighted by molar-refractivity contribution is 7.99. The van der Waals surface area contributed by atoms with Crippen LogP contribution in [0.1, 0.15) is 57.9 Å². The van der Waals surface area contributed by atoms with Crippen LogP contribution in [0.2, 0.25) is 0 Å². The first-order valence-electron chi connectivity index (χ1n) is 8.44. The monoisotopic (exact) mass is 303 g/mol. The smallest absolute Gasteiger partial charge is 0.0107 e. The molecule has 1 aliphatic carbocycles. The quantitative estimate of drug-likeness (QED) is 0.845. The lowest BCUT2D eigenvalue weighted by Gasteiger charge is -2.44. The first kappa shape index (κ1) is 15.4. The average molecular weight is 304 g/mol. The summed E-state index contributed by atoms with van der Waals surface area (Å²) in [5.74, 6) is 3.47. The van der Waals surface area contributed by atoms with Gasteiger partial charge in [0.05, 0.1) is 0 Å². The second-order valence-electron chi connectivity index (χ2n) is 7.93. The zero-order valence-corrected chi connectivity index (χ0v) is 14.5. The minimum Gasteiger partial charge on any atom is -0.327 e. The highest BCUT2D eigenvalue weighted by Crippen LogP contribution is 2.49. The van der Waals surface area contributed by atoms with Gasteiger partial charge in [0.15, 0.2) is 0 Å². The van der Waals surface area contributed by atoms with Crippen molar-refractivity contribution < 1.29 is 0 Å². The molecule has 1 fully saturated rings. The average Bonchev–Trinajstić information content (AvgIpc) is 2.81. The second kappa shape index (κ2) is 5.96. The van der Waals surface area contributed by atoms with Crippen molar-refractivity contribution in [1.82, 2.24) is 0 Å². The molecule has 4 atom stereocenters. The number of hydrogen-bond acceptors (Lipinski definition) is 2. The molecular weight excluding hydrogens is 274 g/mol. The molecule has 1 aromatic carbocycles. The van der Waals surface area contributed by atoms with Crippen molar-refractivity contribution in [3.8, 4) is 0 Å². The summed E-state index contributed by atoms with van der Waals surface area (Å²) in [6.07, 6.45) is 5.17. The summed E-state index contributed by atoms with van der Waals surface area (Å²) < 4.78 is 0. The van der Waals surface area contributed by atoms with Gasteiger partial charge in [-0.05, 0) is 54.1 Å². The van der Waals surface area contributed by atoms with Gasteiger partial charge < -0.3 is 5.73 Å². The largest absolute Gasteiger partial charge is 0.327 e. The molecule has 1 saturated carbocycles. The summed E-state index contributed by atoms with van der Waals surface area (Å²) in [6.45, 7) is 7.27. The fourth-order valence-electron chi connectivity index (χ4n) is 4.58. The maximum Gasteiger partial charge on any atom is 0.0107 e. The zero-order valence-electron chi connectivity index (χ0n) is 13.6. The third-order valence-corrected chi connectivity index (χ3v) is 6.99. The molecule has 2 aliphatic rings. The molecule has 0 bridgehead atoms. The Morgan fingerprint density at radius 3 is 2.76 bits per heavy atom. The summed E-state index contributed by atoms with van der Waals surface area (Å²) in [5, 5.41) is 0. The Bertz CT molecular complexity index is 496. The third kappa shape index (κ3) is 3.17. The summed E-state index contributed by atoms with van der Waals surface area (Å²) in [7, 11) is 0. The number of benzene rings is 1. The maximum absolute atomic E-state index is 6.52. The molecule has 0 amide bonds. The van der Waals surface area contributed by atoms with E-state index in [0.717, 1.165) is 5.92 Å². The van der Waals surface area contributed by atoms with Crippen molar-refractivity contribution in [2.45, 2.75) is 63.3 Å². The van der Waals surface area contributed by atoms with E-state index in [1.165, 1.54) is 36.3 Å². The predicted molar refractivity (Wildman–Crippen MR) is 92.8 cm³/mol. The van der Waals surface area contributed by atoms with Crippen molar-refractivity contribution >= 4 is 11.8 Å². The van der Waals surface area contributed by atoms with E-state index in [2.05, 4.69) is 45.0 Å². The highest BCUT2D eigenvalue weighted by atomic mass is 32.2. The van der Waals surface area contributed by atoms with Crippen LogP contribution < -0.4 is 5.73 Å². The van der Waals surface area contributed by atoms with Crippen molar-refractivity contribution in [2.75, 3.05) is 5.75 Å². The number of hydrogen-bond donors (Lipinski definition) is 1. The lowest BCUT2D eigenvalue weighted by atomic mass is 9.63. The van der Waals surface area contributed by atoms with Gasteiger partial charge in [0, 0.05) is 16.7 Å². The Balaban J connectivity index is 1.72. The van der Waals surface area contributed by atoms with E-state index in [4.69, 9.17) is 5.73 Å². The van der Waals surface area contributed by atoms with Crippen LogP contribution in [0, 0.1) is 17.3 Å². The predicted octanol–water partition coefficient (Wildman–Crippen LogP) is 5.06. The van der Waals surface area contributed by atoms with E-state index < -0.39 is 0 Å². The van der Waals surface area contributed by atoms with Gasteiger partial charge in [-0.15, -0.1) is 11.8 Å². The van der Waals surface area contributed by atoms with E-state index in [1.807, 2.05) is 11.8 Å². The van der Waals surface area contributed by atoms with Gasteiger partial charge in [-0.3, -0.25) is 0 Å². The molecular formula is C19H29NS. The Hall–Kier alpha value is -0.470. The first-order valence-corrected chi connectivity index (χ1v) is 9.43. The summed E-state index contributed by atoms with van der Waals surface area (Å²) in [4.78, 5) is 1.50. The standard InChI is InChI=1S/C19H29NS/c1-13-8-9-16(17(20)10-13)19(2,3)11-14-12-21-18-7-5-4-6-15(14)18/h4-7,13-14,16-17H,8-12,20H2,1-3H3. The van der Waals surface area contributed by atoms with Crippen LogP contribution in [-0.2, 0) is 0 Å². The molecule has 21 heavy (non-hydrogen) atoms. The van der Waals surface area contributed by atoms with Crippen LogP contribution in [0.25, 0.3) is 0 Å². The molecule has 1 aliphatic heterocycles. The maximum atomic E-state index is 6.52. The fraction of sp³-hybridized carbons (Fsp3) is 0.684. The summed E-state index contributed by atoms with van der Waals surface area (Å²) in [6, 6.07) is 9.37. The second-order valence-corrected chi connectivity index (χ2v) is 8.99. The van der Waals surface area contributed by atoms with Gasteiger partial charge in [-0.2, -0.15) is 0 Å². The topological polar surface area (TPSA) is 26.0 Å². The Morgan fingerprint density at radius 2 is 2.00 bits per heavy atom. The highest BCUT2D eigenvalue weighted by Gasteiger charge is 2.39. The summed E-state index contributed by atoms with van der Waals surface area (Å²) >= 11 is 2.03. The minimum absolute atomic E-state index is 0.349. The van der Waals surface area contributed by atoms with Crippen LogP contribution in [0.3, 0.4) is 0 Å². The number of thioether (sulfide) groups is 1. The molecule has 4 unspecified atom stereocenters. The SMILES string of the molecule is CC1CCC(C(C)(C)CC2CSc3ccccc32)C(N)C1. The van der Waals surface area contributed by atoms with Gasteiger partial charge in [-0.25, -0.2) is 0 Å². The number of rotatable bonds is 3. The molecule has 0 spiro atoms. The summed E-state index contributed by atoms with van der Waals surface area (Å²) in [5.41, 5.74) is 8.45. The van der Waals surface area contributed by atoms with Crippen molar-refractivity contribution in [1.29, 1.82) is 0 Å². The van der Waals surface area contributed by atoms with Gasteiger partial charge in [0.1, 0.15) is 0 Å². The van der Waals surface area contributed by atoms with Gasteiger partial charge >= 0.3 is 0 Å². The Labute approximate surface area is 134 Å². The van der Waals surface area contributed by atoms with Gasteiger partial charge in [0.25, 0.3) is 0 Å². The van der Waals surface area contributed by atoms with E-state index in [1.54, 1.807) is 5.56 Å². The Morgan fingerprint density at radius 1 is 1.24 bits per heavy atom. The van der Waals surface area contributed by atoms with Gasteiger partial charge in [-0.1, -0.05) is 45.4 Å². The Kier molecular flexibility index (Phi) is 4.38. The molecule has 0 radical (unpaired) electrons. The molecule has 2 heteroatoms. The lowest BCUT2D eigenvalue weighted by Crippen LogP contribution is -2.44. The van der Waals surface area contributed by atoms with Crippen LogP contribution in [0.5, 0.6) is 0 Å². The zero-order chi connectivity index (χ0) is 15.0. The van der Waals surface area contributed by atoms with Crippen LogP contribution >= 0.6 is 11.8 Å². The van der Waals surface area contributed by atoms with Crippen LogP contribution in [-0.4, -0.2) is 11.8 Å². The molecule has 116 valence electrons. The molecule has 0 saturated heterocycles. The van der Waals surface area contributed by atoms with Crippen molar-refractivity contribution in [3.63, 3.8) is 0 Å². The first-order chi connectivity index (χ1) is 9.97. The van der Waals surface area contributed by atoms with E-state index in [9.17, 15) is 0 Å². The fourth-order valence-corrected chi connectivity index (χ4v) is 5.83. The molecule has 0 aromatic heterocycles. The van der Waals surface area contributed by atoms with E-state index in [0.29, 0.717) is 23.3 Å². The van der Waals surface area contributed by atoms with E-state index >= 15 is 0 Å². The molecule has 3 rings (SSSR count). The molecule has 1 heterocycles. The van der Waals surface area contributed by atoms with Gasteiger partial charge in [0.2, 0.25) is 0 Å². The molecule has 1 nitrogen and oxygen atoms in total. The lowest BCUT2D eigenvalue weighted by molar-refractivity contribution is 0.0993.